The van der Waals surface area contributed by atoms with Gasteiger partial charge >= 0.3 is 0 Å². The van der Waals surface area contributed by atoms with Crippen molar-refractivity contribution in [3.63, 3.8) is 0 Å². The Morgan fingerprint density at radius 2 is 2.04 bits per heavy atom. The fourth-order valence-corrected chi connectivity index (χ4v) is 3.21. The van der Waals surface area contributed by atoms with E-state index in [2.05, 4.69) is 21.2 Å². The van der Waals surface area contributed by atoms with Crippen LogP contribution in [0, 0.1) is 0 Å². The molecular formula is C18H17BrN2O3. The summed E-state index contributed by atoms with van der Waals surface area (Å²) >= 11 is 3.37. The number of nitrogens with one attached hydrogen (secondary N) is 1. The summed E-state index contributed by atoms with van der Waals surface area (Å²) in [5.74, 6) is 0.495. The van der Waals surface area contributed by atoms with E-state index in [1.807, 2.05) is 42.5 Å². The third-order valence-electron chi connectivity index (χ3n) is 3.94. The molecule has 5 nitrogen and oxygen atoms in total. The number of amides is 2. The van der Waals surface area contributed by atoms with Gasteiger partial charge in [-0.3, -0.25) is 9.59 Å². The monoisotopic (exact) mass is 388 g/mol. The molecule has 3 rings (SSSR count). The number of nitrogens with zero attached hydrogens (tertiary/aromatic N) is 1. The number of carbonyl (C=O) groups excluding carboxylic acids is 2. The van der Waals surface area contributed by atoms with Crippen molar-refractivity contribution in [2.75, 3.05) is 18.6 Å². The van der Waals surface area contributed by atoms with Crippen LogP contribution in [0.3, 0.4) is 0 Å². The Hall–Kier alpha value is -2.34. The van der Waals surface area contributed by atoms with Gasteiger partial charge in [0, 0.05) is 29.2 Å². The van der Waals surface area contributed by atoms with Gasteiger partial charge in [0.25, 0.3) is 5.91 Å². The molecule has 1 aliphatic rings. The summed E-state index contributed by atoms with van der Waals surface area (Å²) in [6, 6.07) is 14.3. The van der Waals surface area contributed by atoms with Crippen molar-refractivity contribution < 1.29 is 14.3 Å². The lowest BCUT2D eigenvalue weighted by Gasteiger charge is -2.18. The SMILES string of the molecule is COc1cccc(N2CC(NC(=O)c3ccccc3Br)CC2=O)c1. The molecule has 24 heavy (non-hydrogen) atoms. The van der Waals surface area contributed by atoms with Crippen molar-refractivity contribution in [3.8, 4) is 5.75 Å². The third kappa shape index (κ3) is 3.43. The number of carbonyl (C=O) groups is 2. The summed E-state index contributed by atoms with van der Waals surface area (Å²) in [5.41, 5.74) is 1.33. The van der Waals surface area contributed by atoms with Gasteiger partial charge in [-0.05, 0) is 40.2 Å². The molecule has 124 valence electrons. The Kier molecular flexibility index (Phi) is 4.85. The highest BCUT2D eigenvalue weighted by atomic mass is 79.9. The number of halogens is 1. The zero-order valence-electron chi connectivity index (χ0n) is 13.2. The van der Waals surface area contributed by atoms with Crippen LogP contribution in [0.1, 0.15) is 16.8 Å². The lowest BCUT2D eigenvalue weighted by atomic mass is 10.2. The molecule has 1 N–H and O–H groups in total. The predicted molar refractivity (Wildman–Crippen MR) is 95.4 cm³/mol. The van der Waals surface area contributed by atoms with Gasteiger partial charge in [-0.15, -0.1) is 0 Å². The first-order valence-corrected chi connectivity index (χ1v) is 8.37. The summed E-state index contributed by atoms with van der Waals surface area (Å²) in [6.45, 7) is 0.447. The molecule has 1 aliphatic heterocycles. The number of hydrogen-bond donors (Lipinski definition) is 1. The van der Waals surface area contributed by atoms with Crippen LogP contribution < -0.4 is 15.0 Å². The van der Waals surface area contributed by atoms with Crippen LogP contribution in [-0.2, 0) is 4.79 Å². The van der Waals surface area contributed by atoms with Crippen LogP contribution >= 0.6 is 15.9 Å². The molecule has 0 radical (unpaired) electrons. The van der Waals surface area contributed by atoms with E-state index in [0.717, 1.165) is 10.2 Å². The number of anilines is 1. The molecule has 1 fully saturated rings. The van der Waals surface area contributed by atoms with Gasteiger partial charge in [-0.1, -0.05) is 18.2 Å². The Bertz CT molecular complexity index is 778. The molecule has 1 atom stereocenters. The first kappa shape index (κ1) is 16.5. The smallest absolute Gasteiger partial charge is 0.252 e. The zero-order chi connectivity index (χ0) is 17.1. The second-order valence-corrected chi connectivity index (χ2v) is 6.41. The van der Waals surface area contributed by atoms with Gasteiger partial charge in [0.2, 0.25) is 5.91 Å². The van der Waals surface area contributed by atoms with Crippen LogP contribution in [-0.4, -0.2) is 31.5 Å². The molecule has 6 heteroatoms. The molecule has 0 aliphatic carbocycles. The summed E-state index contributed by atoms with van der Waals surface area (Å²) < 4.78 is 5.93. The van der Waals surface area contributed by atoms with Crippen LogP contribution in [0.2, 0.25) is 0 Å². The van der Waals surface area contributed by atoms with Gasteiger partial charge in [-0.25, -0.2) is 0 Å². The quantitative estimate of drug-likeness (QED) is 0.875. The Balaban J connectivity index is 1.71. The minimum atomic E-state index is -0.219. The number of benzene rings is 2. The van der Waals surface area contributed by atoms with Crippen molar-refractivity contribution in [1.82, 2.24) is 5.32 Å². The van der Waals surface area contributed by atoms with E-state index in [1.165, 1.54) is 0 Å². The van der Waals surface area contributed by atoms with E-state index < -0.39 is 0 Å². The van der Waals surface area contributed by atoms with Crippen molar-refractivity contribution in [1.29, 1.82) is 0 Å². The first-order valence-electron chi connectivity index (χ1n) is 7.58. The summed E-state index contributed by atoms with van der Waals surface area (Å²) in [6.07, 6.45) is 0.285. The fraction of sp³-hybridized carbons (Fsp3) is 0.222. The zero-order valence-corrected chi connectivity index (χ0v) is 14.7. The summed E-state index contributed by atoms with van der Waals surface area (Å²) in [7, 11) is 1.59. The Labute approximate surface area is 148 Å². The maximum absolute atomic E-state index is 12.4. The molecule has 0 saturated carbocycles. The Morgan fingerprint density at radius 3 is 2.79 bits per heavy atom. The second kappa shape index (κ2) is 7.05. The van der Waals surface area contributed by atoms with E-state index in [-0.39, 0.29) is 24.3 Å². The highest BCUT2D eigenvalue weighted by Gasteiger charge is 2.32. The third-order valence-corrected chi connectivity index (χ3v) is 4.64. The van der Waals surface area contributed by atoms with Crippen LogP contribution in [0.4, 0.5) is 5.69 Å². The first-order chi connectivity index (χ1) is 11.6. The molecule has 1 saturated heterocycles. The van der Waals surface area contributed by atoms with Crippen LogP contribution in [0.5, 0.6) is 5.75 Å². The number of hydrogen-bond acceptors (Lipinski definition) is 3. The van der Waals surface area contributed by atoms with Gasteiger partial charge in [0.1, 0.15) is 5.75 Å². The summed E-state index contributed by atoms with van der Waals surface area (Å²) in [5, 5.41) is 2.93. The Morgan fingerprint density at radius 1 is 1.25 bits per heavy atom. The molecule has 1 heterocycles. The molecule has 0 aromatic heterocycles. The summed E-state index contributed by atoms with van der Waals surface area (Å²) in [4.78, 5) is 26.3. The van der Waals surface area contributed by atoms with Crippen molar-refractivity contribution in [2.45, 2.75) is 12.5 Å². The lowest BCUT2D eigenvalue weighted by Crippen LogP contribution is -2.37. The number of rotatable bonds is 4. The highest BCUT2D eigenvalue weighted by Crippen LogP contribution is 2.25. The van der Waals surface area contributed by atoms with Gasteiger partial charge < -0.3 is 15.0 Å². The molecule has 2 aromatic carbocycles. The number of ether oxygens (including phenoxy) is 1. The van der Waals surface area contributed by atoms with Gasteiger partial charge in [0.15, 0.2) is 0 Å². The molecule has 1 unspecified atom stereocenters. The minimum absolute atomic E-state index is 0.0133. The molecule has 2 amide bonds. The second-order valence-electron chi connectivity index (χ2n) is 5.56. The average Bonchev–Trinajstić information content (AvgIpc) is 2.95. The molecule has 0 spiro atoms. The van der Waals surface area contributed by atoms with E-state index >= 15 is 0 Å². The lowest BCUT2D eigenvalue weighted by molar-refractivity contribution is -0.117. The van der Waals surface area contributed by atoms with E-state index in [9.17, 15) is 9.59 Å². The predicted octanol–water partition coefficient (Wildman–Crippen LogP) is 2.99. The van der Waals surface area contributed by atoms with E-state index in [0.29, 0.717) is 17.9 Å². The normalized spacial score (nSPS) is 17.0. The topological polar surface area (TPSA) is 58.6 Å². The highest BCUT2D eigenvalue weighted by molar-refractivity contribution is 9.10. The molecule has 2 aromatic rings. The van der Waals surface area contributed by atoms with Crippen molar-refractivity contribution in [3.05, 3.63) is 58.6 Å². The van der Waals surface area contributed by atoms with E-state index in [1.54, 1.807) is 18.1 Å². The standard InChI is InChI=1S/C18H17BrN2O3/c1-24-14-6-4-5-13(10-14)21-11-12(9-17(21)22)20-18(23)15-7-2-3-8-16(15)19/h2-8,10,12H,9,11H2,1H3,(H,20,23). The molecular weight excluding hydrogens is 372 g/mol. The minimum Gasteiger partial charge on any atom is -0.497 e. The van der Waals surface area contributed by atoms with E-state index in [4.69, 9.17) is 4.74 Å². The van der Waals surface area contributed by atoms with Crippen LogP contribution in [0.15, 0.2) is 53.0 Å². The fourth-order valence-electron chi connectivity index (χ4n) is 2.74. The average molecular weight is 389 g/mol. The maximum Gasteiger partial charge on any atom is 0.252 e. The van der Waals surface area contributed by atoms with Gasteiger partial charge in [-0.2, -0.15) is 0 Å². The van der Waals surface area contributed by atoms with Crippen molar-refractivity contribution >= 4 is 33.4 Å². The van der Waals surface area contributed by atoms with Crippen LogP contribution in [0.25, 0.3) is 0 Å². The number of methoxy groups -OCH3 is 1. The maximum atomic E-state index is 12.4. The van der Waals surface area contributed by atoms with Gasteiger partial charge in [0.05, 0.1) is 18.7 Å². The molecule has 0 bridgehead atoms. The van der Waals surface area contributed by atoms with Crippen molar-refractivity contribution in [2.24, 2.45) is 0 Å². The largest absolute Gasteiger partial charge is 0.497 e.